The molecule has 6 heteroatoms. The lowest BCUT2D eigenvalue weighted by Gasteiger charge is -2.01. The molecule has 96 valence electrons. The van der Waals surface area contributed by atoms with Crippen LogP contribution in [0, 0.1) is 0 Å². The molecule has 2 aromatic rings. The maximum Gasteiger partial charge on any atom is 0.175 e. The summed E-state index contributed by atoms with van der Waals surface area (Å²) in [5, 5.41) is 2.92. The quantitative estimate of drug-likeness (QED) is 0.816. The van der Waals surface area contributed by atoms with Crippen LogP contribution in [0.5, 0.6) is 0 Å². The minimum atomic E-state index is -3.12. The smallest absolute Gasteiger partial charge is 0.175 e. The summed E-state index contributed by atoms with van der Waals surface area (Å²) in [6, 6.07) is 6.89. The van der Waals surface area contributed by atoms with Crippen LogP contribution in [0.4, 0.5) is 0 Å². The fourth-order valence-corrected chi connectivity index (χ4v) is 3.21. The highest BCUT2D eigenvalue weighted by Crippen LogP contribution is 2.17. The van der Waals surface area contributed by atoms with Gasteiger partial charge in [-0.3, -0.25) is 0 Å². The Morgan fingerprint density at radius 3 is 2.44 bits per heavy atom. The van der Waals surface area contributed by atoms with Gasteiger partial charge in [0.05, 0.1) is 21.5 Å². The van der Waals surface area contributed by atoms with E-state index in [1.54, 1.807) is 23.5 Å². The summed E-state index contributed by atoms with van der Waals surface area (Å²) >= 11 is 7.26. The number of nitrogens with zero attached hydrogens (tertiary/aromatic N) is 1. The topological polar surface area (TPSA) is 47.0 Å². The molecule has 0 spiro atoms. The molecular weight excluding hydrogens is 290 g/mol. The van der Waals surface area contributed by atoms with Crippen LogP contribution in [0.25, 0.3) is 0 Å². The number of alkyl halides is 1. The van der Waals surface area contributed by atoms with E-state index in [1.165, 1.54) is 6.26 Å². The number of hydrogen-bond acceptors (Lipinski definition) is 4. The van der Waals surface area contributed by atoms with Crippen molar-refractivity contribution in [2.24, 2.45) is 0 Å². The summed E-state index contributed by atoms with van der Waals surface area (Å²) in [5.41, 5.74) is 1.92. The highest BCUT2D eigenvalue weighted by molar-refractivity contribution is 7.90. The average Bonchev–Trinajstić information content (AvgIpc) is 2.76. The summed E-state index contributed by atoms with van der Waals surface area (Å²) in [6.45, 7) is 0. The van der Waals surface area contributed by atoms with Crippen LogP contribution >= 0.6 is 22.9 Å². The maximum atomic E-state index is 11.3. The van der Waals surface area contributed by atoms with E-state index in [9.17, 15) is 8.42 Å². The van der Waals surface area contributed by atoms with Gasteiger partial charge >= 0.3 is 0 Å². The molecule has 0 saturated heterocycles. The van der Waals surface area contributed by atoms with Gasteiger partial charge in [-0.05, 0) is 17.7 Å². The normalized spacial score (nSPS) is 11.7. The molecule has 1 aromatic heterocycles. The van der Waals surface area contributed by atoms with Gasteiger partial charge in [-0.2, -0.15) is 0 Å². The molecule has 1 aromatic carbocycles. The van der Waals surface area contributed by atoms with Crippen molar-refractivity contribution in [2.75, 3.05) is 6.26 Å². The van der Waals surface area contributed by atoms with Crippen molar-refractivity contribution in [1.82, 2.24) is 4.98 Å². The Kier molecular flexibility index (Phi) is 4.04. The Bertz CT molecular complexity index is 632. The highest BCUT2D eigenvalue weighted by atomic mass is 35.5. The van der Waals surface area contributed by atoms with Gasteiger partial charge in [-0.15, -0.1) is 22.9 Å². The van der Waals surface area contributed by atoms with E-state index >= 15 is 0 Å². The first-order valence-electron chi connectivity index (χ1n) is 5.27. The SMILES string of the molecule is CS(=O)(=O)c1ccc(Cc2nc(CCl)cs2)cc1. The van der Waals surface area contributed by atoms with Crippen LogP contribution in [-0.2, 0) is 22.1 Å². The summed E-state index contributed by atoms with van der Waals surface area (Å²) in [6.07, 6.45) is 1.90. The Hall–Kier alpha value is -0.910. The molecule has 0 fully saturated rings. The van der Waals surface area contributed by atoms with Crippen molar-refractivity contribution in [1.29, 1.82) is 0 Å². The minimum absolute atomic E-state index is 0.340. The molecule has 0 saturated carbocycles. The fourth-order valence-electron chi connectivity index (χ4n) is 1.52. The molecule has 0 unspecified atom stereocenters. The van der Waals surface area contributed by atoms with Gasteiger partial charge in [0.25, 0.3) is 0 Å². The molecule has 0 radical (unpaired) electrons. The molecule has 18 heavy (non-hydrogen) atoms. The number of hydrogen-bond donors (Lipinski definition) is 0. The molecule has 0 atom stereocenters. The van der Waals surface area contributed by atoms with Crippen LogP contribution in [0.1, 0.15) is 16.3 Å². The van der Waals surface area contributed by atoms with E-state index in [1.807, 2.05) is 17.5 Å². The first-order valence-corrected chi connectivity index (χ1v) is 8.58. The molecule has 2 rings (SSSR count). The van der Waals surface area contributed by atoms with Crippen LogP contribution in [0.2, 0.25) is 0 Å². The molecule has 0 amide bonds. The van der Waals surface area contributed by atoms with Gasteiger partial charge in [0, 0.05) is 18.1 Å². The van der Waals surface area contributed by atoms with Gasteiger partial charge in [0.2, 0.25) is 0 Å². The minimum Gasteiger partial charge on any atom is -0.245 e. The molecule has 0 N–H and O–H groups in total. The van der Waals surface area contributed by atoms with Gasteiger partial charge in [0.15, 0.2) is 9.84 Å². The van der Waals surface area contributed by atoms with Crippen LogP contribution in [0.3, 0.4) is 0 Å². The first kappa shape index (κ1) is 13.5. The molecule has 1 heterocycles. The standard InChI is InChI=1S/C12H12ClNO2S2/c1-18(15,16)11-4-2-9(3-5-11)6-12-14-10(7-13)8-17-12/h2-5,8H,6-7H2,1H3. The van der Waals surface area contributed by atoms with Gasteiger partial charge in [0.1, 0.15) is 0 Å². The van der Waals surface area contributed by atoms with Gasteiger partial charge in [-0.25, -0.2) is 13.4 Å². The van der Waals surface area contributed by atoms with Crippen molar-refractivity contribution in [3.63, 3.8) is 0 Å². The van der Waals surface area contributed by atoms with Crippen LogP contribution < -0.4 is 0 Å². The first-order chi connectivity index (χ1) is 8.49. The van der Waals surface area contributed by atoms with E-state index in [4.69, 9.17) is 11.6 Å². The number of halogens is 1. The van der Waals surface area contributed by atoms with Crippen molar-refractivity contribution >= 4 is 32.8 Å². The van der Waals surface area contributed by atoms with Crippen molar-refractivity contribution in [3.05, 3.63) is 45.9 Å². The maximum absolute atomic E-state index is 11.3. The zero-order chi connectivity index (χ0) is 13.2. The summed E-state index contributed by atoms with van der Waals surface area (Å²) in [7, 11) is -3.12. The van der Waals surface area contributed by atoms with E-state index in [2.05, 4.69) is 4.98 Å². The van der Waals surface area contributed by atoms with Crippen LogP contribution in [-0.4, -0.2) is 19.7 Å². The summed E-state index contributed by atoms with van der Waals surface area (Å²) in [4.78, 5) is 4.70. The van der Waals surface area contributed by atoms with Gasteiger partial charge < -0.3 is 0 Å². The summed E-state index contributed by atoms with van der Waals surface area (Å²) in [5.74, 6) is 0.420. The Morgan fingerprint density at radius 2 is 1.94 bits per heavy atom. The zero-order valence-corrected chi connectivity index (χ0v) is 12.1. The fraction of sp³-hybridized carbons (Fsp3) is 0.250. The molecule has 0 aliphatic carbocycles. The van der Waals surface area contributed by atoms with E-state index in [0.29, 0.717) is 17.2 Å². The lowest BCUT2D eigenvalue weighted by Crippen LogP contribution is -1.97. The number of sulfone groups is 1. The van der Waals surface area contributed by atoms with Crippen molar-refractivity contribution < 1.29 is 8.42 Å². The van der Waals surface area contributed by atoms with E-state index in [0.717, 1.165) is 16.3 Å². The molecule has 0 aliphatic rings. The van der Waals surface area contributed by atoms with Crippen molar-refractivity contribution in [3.8, 4) is 0 Å². The predicted molar refractivity (Wildman–Crippen MR) is 74.0 cm³/mol. The second kappa shape index (κ2) is 5.38. The molecular formula is C12H12ClNO2S2. The molecule has 0 bridgehead atoms. The number of thiazole rings is 1. The number of aromatic nitrogens is 1. The van der Waals surface area contributed by atoms with Crippen LogP contribution in [0.15, 0.2) is 34.5 Å². The second-order valence-electron chi connectivity index (χ2n) is 3.96. The molecule has 0 aliphatic heterocycles. The lowest BCUT2D eigenvalue weighted by molar-refractivity contribution is 0.602. The zero-order valence-electron chi connectivity index (χ0n) is 9.76. The monoisotopic (exact) mass is 301 g/mol. The third kappa shape index (κ3) is 3.31. The van der Waals surface area contributed by atoms with Crippen molar-refractivity contribution in [2.45, 2.75) is 17.2 Å². The third-order valence-corrected chi connectivity index (χ3v) is 4.74. The predicted octanol–water partition coefficient (Wildman–Crippen LogP) is 2.88. The Balaban J connectivity index is 2.15. The van der Waals surface area contributed by atoms with Gasteiger partial charge in [-0.1, -0.05) is 12.1 Å². The summed E-state index contributed by atoms with van der Waals surface area (Å²) < 4.78 is 22.6. The number of rotatable bonds is 4. The third-order valence-electron chi connectivity index (χ3n) is 2.44. The average molecular weight is 302 g/mol. The number of benzene rings is 1. The highest BCUT2D eigenvalue weighted by Gasteiger charge is 2.07. The molecule has 3 nitrogen and oxygen atoms in total. The largest absolute Gasteiger partial charge is 0.245 e. The second-order valence-corrected chi connectivity index (χ2v) is 7.18. The van der Waals surface area contributed by atoms with E-state index < -0.39 is 9.84 Å². The lowest BCUT2D eigenvalue weighted by atomic mass is 10.2. The Morgan fingerprint density at radius 1 is 1.28 bits per heavy atom. The Labute approximate surface area is 115 Å². The van der Waals surface area contributed by atoms with E-state index in [-0.39, 0.29) is 0 Å².